The van der Waals surface area contributed by atoms with Gasteiger partial charge >= 0.3 is 5.97 Å². The van der Waals surface area contributed by atoms with Gasteiger partial charge < -0.3 is 15.0 Å². The van der Waals surface area contributed by atoms with Crippen LogP contribution < -0.4 is 10.0 Å². The van der Waals surface area contributed by atoms with Crippen molar-refractivity contribution in [2.24, 2.45) is 0 Å². The molecule has 2 N–H and O–H groups in total. The topological polar surface area (TPSA) is 87.7 Å². The van der Waals surface area contributed by atoms with Gasteiger partial charge in [0.2, 0.25) is 10.0 Å². The second-order valence-corrected chi connectivity index (χ2v) is 9.53. The average Bonchev–Trinajstić information content (AvgIpc) is 3.29. The Morgan fingerprint density at radius 3 is 2.22 bits per heavy atom. The molecular formula is C24H31N3O4S. The van der Waals surface area contributed by atoms with E-state index in [-0.39, 0.29) is 10.9 Å². The van der Waals surface area contributed by atoms with Crippen LogP contribution in [0.5, 0.6) is 0 Å². The van der Waals surface area contributed by atoms with E-state index in [1.54, 1.807) is 44.2 Å². The molecule has 0 aromatic heterocycles. The third kappa shape index (κ3) is 6.91. The standard InChI is InChI=1S/C24H31N3O4S/c1-3-31-24(28)19(2)18-20-6-8-21(9-7-20)26-22-10-12-23(13-11-22)32(29,30)25-14-17-27-15-4-5-16-27/h6-13,18,25-26H,3-5,14-17H2,1-2H3/b19-18+. The van der Waals surface area contributed by atoms with Gasteiger partial charge in [0.05, 0.1) is 11.5 Å². The Kier molecular flexibility index (Phi) is 8.44. The van der Waals surface area contributed by atoms with Crippen LogP contribution in [0.15, 0.2) is 59.0 Å². The van der Waals surface area contributed by atoms with Gasteiger partial charge in [0, 0.05) is 30.0 Å². The Labute approximate surface area is 190 Å². The largest absolute Gasteiger partial charge is 0.463 e. The van der Waals surface area contributed by atoms with Crippen molar-refractivity contribution in [1.82, 2.24) is 9.62 Å². The Hall–Kier alpha value is -2.68. The summed E-state index contributed by atoms with van der Waals surface area (Å²) < 4.78 is 32.7. The van der Waals surface area contributed by atoms with Crippen LogP contribution >= 0.6 is 0 Å². The molecule has 0 unspecified atom stereocenters. The van der Waals surface area contributed by atoms with Gasteiger partial charge in [-0.05, 0) is 87.8 Å². The lowest BCUT2D eigenvalue weighted by molar-refractivity contribution is -0.138. The predicted octanol–water partition coefficient (Wildman–Crippen LogP) is 3.77. The molecule has 0 radical (unpaired) electrons. The molecule has 7 nitrogen and oxygen atoms in total. The molecule has 172 valence electrons. The molecule has 1 aliphatic heterocycles. The van der Waals surface area contributed by atoms with E-state index >= 15 is 0 Å². The summed E-state index contributed by atoms with van der Waals surface area (Å²) in [6, 6.07) is 14.3. The maximum atomic E-state index is 12.5. The number of carbonyl (C=O) groups is 1. The fraction of sp³-hybridized carbons (Fsp3) is 0.375. The summed E-state index contributed by atoms with van der Waals surface area (Å²) in [5.74, 6) is -0.324. The summed E-state index contributed by atoms with van der Waals surface area (Å²) in [5.41, 5.74) is 3.07. The van der Waals surface area contributed by atoms with E-state index in [0.29, 0.717) is 18.7 Å². The molecule has 8 heteroatoms. The molecule has 1 fully saturated rings. The molecule has 0 spiro atoms. The maximum absolute atomic E-state index is 12.5. The highest BCUT2D eigenvalue weighted by molar-refractivity contribution is 7.89. The number of ether oxygens (including phenoxy) is 1. The van der Waals surface area contributed by atoms with E-state index in [9.17, 15) is 13.2 Å². The zero-order valence-corrected chi connectivity index (χ0v) is 19.5. The third-order valence-corrected chi connectivity index (χ3v) is 6.74. The molecule has 32 heavy (non-hydrogen) atoms. The van der Waals surface area contributed by atoms with Gasteiger partial charge in [-0.3, -0.25) is 0 Å². The number of sulfonamides is 1. The normalized spacial score (nSPS) is 15.0. The van der Waals surface area contributed by atoms with Crippen molar-refractivity contribution in [3.05, 3.63) is 59.7 Å². The van der Waals surface area contributed by atoms with Crippen molar-refractivity contribution in [1.29, 1.82) is 0 Å². The van der Waals surface area contributed by atoms with Gasteiger partial charge in [-0.2, -0.15) is 0 Å². The number of hydrogen-bond acceptors (Lipinski definition) is 6. The van der Waals surface area contributed by atoms with Crippen LogP contribution in [0.25, 0.3) is 6.08 Å². The number of esters is 1. The summed E-state index contributed by atoms with van der Waals surface area (Å²) in [6.07, 6.45) is 4.15. The van der Waals surface area contributed by atoms with Crippen LogP contribution in [-0.2, 0) is 19.6 Å². The minimum atomic E-state index is -3.52. The van der Waals surface area contributed by atoms with Gasteiger partial charge in [0.1, 0.15) is 0 Å². The number of nitrogens with one attached hydrogen (secondary N) is 2. The minimum absolute atomic E-state index is 0.249. The number of benzene rings is 2. The quantitative estimate of drug-likeness (QED) is 0.417. The van der Waals surface area contributed by atoms with Crippen molar-refractivity contribution in [3.8, 4) is 0 Å². The molecule has 0 atom stereocenters. The van der Waals surface area contributed by atoms with Gasteiger partial charge in [-0.1, -0.05) is 12.1 Å². The van der Waals surface area contributed by atoms with Crippen LogP contribution in [0.2, 0.25) is 0 Å². The van der Waals surface area contributed by atoms with E-state index in [2.05, 4.69) is 14.9 Å². The minimum Gasteiger partial charge on any atom is -0.463 e. The SMILES string of the molecule is CCOC(=O)/C(C)=C/c1ccc(Nc2ccc(S(=O)(=O)NCCN3CCCC3)cc2)cc1. The van der Waals surface area contributed by atoms with E-state index in [1.165, 1.54) is 12.8 Å². The third-order valence-electron chi connectivity index (χ3n) is 5.26. The Bertz CT molecular complexity index is 1030. The van der Waals surface area contributed by atoms with Gasteiger partial charge in [0.15, 0.2) is 0 Å². The first-order valence-electron chi connectivity index (χ1n) is 10.9. The van der Waals surface area contributed by atoms with Crippen molar-refractivity contribution >= 4 is 33.4 Å². The second kappa shape index (κ2) is 11.3. The van der Waals surface area contributed by atoms with E-state index in [0.717, 1.165) is 36.6 Å². The fourth-order valence-electron chi connectivity index (χ4n) is 3.53. The number of hydrogen-bond donors (Lipinski definition) is 2. The lowest BCUT2D eigenvalue weighted by Crippen LogP contribution is -2.33. The van der Waals surface area contributed by atoms with Crippen LogP contribution in [0.1, 0.15) is 32.3 Å². The van der Waals surface area contributed by atoms with E-state index in [4.69, 9.17) is 4.74 Å². The first-order chi connectivity index (χ1) is 15.4. The molecule has 1 saturated heterocycles. The van der Waals surface area contributed by atoms with Crippen LogP contribution in [0.3, 0.4) is 0 Å². The summed E-state index contributed by atoms with van der Waals surface area (Å²) in [7, 11) is -3.52. The molecule has 0 saturated carbocycles. The Morgan fingerprint density at radius 2 is 1.62 bits per heavy atom. The number of carbonyl (C=O) groups excluding carboxylic acids is 1. The van der Waals surface area contributed by atoms with Gasteiger partial charge in [-0.15, -0.1) is 0 Å². The molecule has 0 aliphatic carbocycles. The average molecular weight is 458 g/mol. The van der Waals surface area contributed by atoms with Gasteiger partial charge in [0.25, 0.3) is 0 Å². The first-order valence-corrected chi connectivity index (χ1v) is 12.4. The number of anilines is 2. The second-order valence-electron chi connectivity index (χ2n) is 7.77. The lowest BCUT2D eigenvalue weighted by atomic mass is 10.1. The molecule has 0 amide bonds. The van der Waals surface area contributed by atoms with Crippen molar-refractivity contribution in [2.75, 3.05) is 38.1 Å². The fourth-order valence-corrected chi connectivity index (χ4v) is 4.55. The molecule has 2 aromatic rings. The number of likely N-dealkylation sites (tertiary alicyclic amines) is 1. The highest BCUT2D eigenvalue weighted by Crippen LogP contribution is 2.20. The number of rotatable bonds is 10. The maximum Gasteiger partial charge on any atom is 0.333 e. The van der Waals surface area contributed by atoms with Crippen molar-refractivity contribution in [3.63, 3.8) is 0 Å². The Morgan fingerprint density at radius 1 is 1.03 bits per heavy atom. The molecular weight excluding hydrogens is 426 g/mol. The highest BCUT2D eigenvalue weighted by atomic mass is 32.2. The lowest BCUT2D eigenvalue weighted by Gasteiger charge is -2.15. The van der Waals surface area contributed by atoms with Crippen molar-refractivity contribution in [2.45, 2.75) is 31.6 Å². The monoisotopic (exact) mass is 457 g/mol. The molecule has 1 aliphatic rings. The van der Waals surface area contributed by atoms with E-state index in [1.807, 2.05) is 24.3 Å². The summed E-state index contributed by atoms with van der Waals surface area (Å²) >= 11 is 0. The molecule has 1 heterocycles. The summed E-state index contributed by atoms with van der Waals surface area (Å²) in [4.78, 5) is 14.2. The van der Waals surface area contributed by atoms with Crippen molar-refractivity contribution < 1.29 is 17.9 Å². The van der Waals surface area contributed by atoms with Crippen LogP contribution in [0.4, 0.5) is 11.4 Å². The van der Waals surface area contributed by atoms with Crippen LogP contribution in [-0.4, -0.2) is 52.1 Å². The molecule has 2 aromatic carbocycles. The molecule has 0 bridgehead atoms. The number of nitrogens with zero attached hydrogens (tertiary/aromatic N) is 1. The van der Waals surface area contributed by atoms with Gasteiger partial charge in [-0.25, -0.2) is 17.9 Å². The summed E-state index contributed by atoms with van der Waals surface area (Å²) in [6.45, 7) is 7.10. The summed E-state index contributed by atoms with van der Waals surface area (Å²) in [5, 5.41) is 3.25. The molecule has 3 rings (SSSR count). The first kappa shape index (κ1) is 24.0. The zero-order chi connectivity index (χ0) is 23.0. The van der Waals surface area contributed by atoms with Crippen LogP contribution in [0, 0.1) is 0 Å². The predicted molar refractivity (Wildman–Crippen MR) is 127 cm³/mol. The van der Waals surface area contributed by atoms with E-state index < -0.39 is 10.0 Å². The zero-order valence-electron chi connectivity index (χ0n) is 18.6. The highest BCUT2D eigenvalue weighted by Gasteiger charge is 2.16. The smallest absolute Gasteiger partial charge is 0.333 e. The Balaban J connectivity index is 1.55.